The molecule has 4 heteroatoms. The Kier molecular flexibility index (Phi) is 6.65. The SMILES string of the molecule is O=C(CCC1CCNC1)NCCN1CCCCCC1. The van der Waals surface area contributed by atoms with Gasteiger partial charge in [-0.15, -0.1) is 0 Å². The number of amides is 1. The van der Waals surface area contributed by atoms with Crippen LogP contribution < -0.4 is 10.6 Å². The second-order valence-corrected chi connectivity index (χ2v) is 6.00. The molecule has 2 aliphatic heterocycles. The van der Waals surface area contributed by atoms with Gasteiger partial charge >= 0.3 is 0 Å². The Balaban J connectivity index is 1.50. The molecule has 0 aromatic rings. The number of likely N-dealkylation sites (tertiary alicyclic amines) is 1. The number of carbonyl (C=O) groups excluding carboxylic acids is 1. The third kappa shape index (κ3) is 5.91. The van der Waals surface area contributed by atoms with Crippen LogP contribution >= 0.6 is 0 Å². The van der Waals surface area contributed by atoms with Gasteiger partial charge in [0.2, 0.25) is 5.91 Å². The van der Waals surface area contributed by atoms with Gasteiger partial charge in [0, 0.05) is 19.5 Å². The van der Waals surface area contributed by atoms with E-state index < -0.39 is 0 Å². The third-order valence-corrected chi connectivity index (χ3v) is 4.39. The van der Waals surface area contributed by atoms with Gasteiger partial charge < -0.3 is 15.5 Å². The first-order chi connectivity index (χ1) is 9.34. The lowest BCUT2D eigenvalue weighted by atomic mass is 10.0. The molecule has 0 spiro atoms. The molecule has 2 rings (SSSR count). The standard InChI is InChI=1S/C15H29N3O/c19-15(6-5-14-7-8-16-13-14)17-9-12-18-10-3-1-2-4-11-18/h14,16H,1-13H2,(H,17,19). The highest BCUT2D eigenvalue weighted by Gasteiger charge is 2.15. The molecule has 1 unspecified atom stereocenters. The summed E-state index contributed by atoms with van der Waals surface area (Å²) in [5.74, 6) is 0.957. The molecule has 0 radical (unpaired) electrons. The van der Waals surface area contributed by atoms with E-state index >= 15 is 0 Å². The molecule has 2 heterocycles. The molecular formula is C15H29N3O. The van der Waals surface area contributed by atoms with Crippen LogP contribution in [0, 0.1) is 5.92 Å². The van der Waals surface area contributed by atoms with Crippen LogP contribution in [-0.2, 0) is 4.79 Å². The molecule has 0 aromatic heterocycles. The van der Waals surface area contributed by atoms with Gasteiger partial charge in [0.05, 0.1) is 0 Å². The van der Waals surface area contributed by atoms with Crippen LogP contribution in [0.3, 0.4) is 0 Å². The fourth-order valence-corrected chi connectivity index (χ4v) is 3.10. The Morgan fingerprint density at radius 1 is 1.21 bits per heavy atom. The number of rotatable bonds is 6. The molecular weight excluding hydrogens is 238 g/mol. The molecule has 0 aliphatic carbocycles. The van der Waals surface area contributed by atoms with Crippen molar-refractivity contribution in [1.82, 2.24) is 15.5 Å². The number of carbonyl (C=O) groups is 1. The molecule has 2 aliphatic rings. The van der Waals surface area contributed by atoms with E-state index in [2.05, 4.69) is 15.5 Å². The van der Waals surface area contributed by atoms with Crippen LogP contribution in [0.1, 0.15) is 44.9 Å². The summed E-state index contributed by atoms with van der Waals surface area (Å²) in [6.45, 7) is 6.49. The molecule has 19 heavy (non-hydrogen) atoms. The maximum absolute atomic E-state index is 11.8. The number of hydrogen-bond acceptors (Lipinski definition) is 3. The average molecular weight is 267 g/mol. The molecule has 110 valence electrons. The first kappa shape index (κ1) is 14.8. The Morgan fingerprint density at radius 3 is 2.68 bits per heavy atom. The Morgan fingerprint density at radius 2 is 2.00 bits per heavy atom. The highest BCUT2D eigenvalue weighted by atomic mass is 16.1. The Hall–Kier alpha value is -0.610. The molecule has 1 atom stereocenters. The van der Waals surface area contributed by atoms with E-state index in [0.29, 0.717) is 6.42 Å². The summed E-state index contributed by atoms with van der Waals surface area (Å²) >= 11 is 0. The number of nitrogens with one attached hydrogen (secondary N) is 2. The van der Waals surface area contributed by atoms with Crippen molar-refractivity contribution in [2.45, 2.75) is 44.9 Å². The van der Waals surface area contributed by atoms with Gasteiger partial charge in [0.25, 0.3) is 0 Å². The van der Waals surface area contributed by atoms with Crippen LogP contribution in [0.5, 0.6) is 0 Å². The summed E-state index contributed by atoms with van der Waals surface area (Å²) in [6, 6.07) is 0. The molecule has 0 aromatic carbocycles. The monoisotopic (exact) mass is 267 g/mol. The maximum Gasteiger partial charge on any atom is 0.220 e. The minimum absolute atomic E-state index is 0.238. The lowest BCUT2D eigenvalue weighted by Gasteiger charge is -2.19. The van der Waals surface area contributed by atoms with E-state index in [0.717, 1.165) is 38.5 Å². The van der Waals surface area contributed by atoms with E-state index in [1.54, 1.807) is 0 Å². The largest absolute Gasteiger partial charge is 0.355 e. The quantitative estimate of drug-likeness (QED) is 0.764. The van der Waals surface area contributed by atoms with Crippen molar-refractivity contribution in [2.75, 3.05) is 39.3 Å². The van der Waals surface area contributed by atoms with Crippen molar-refractivity contribution in [3.63, 3.8) is 0 Å². The molecule has 0 saturated carbocycles. The summed E-state index contributed by atoms with van der Waals surface area (Å²) in [7, 11) is 0. The molecule has 1 amide bonds. The van der Waals surface area contributed by atoms with E-state index in [9.17, 15) is 4.79 Å². The predicted molar refractivity (Wildman–Crippen MR) is 78.1 cm³/mol. The van der Waals surface area contributed by atoms with Crippen LogP contribution in [0.15, 0.2) is 0 Å². The zero-order chi connectivity index (χ0) is 13.3. The van der Waals surface area contributed by atoms with Crippen LogP contribution in [-0.4, -0.2) is 50.1 Å². The summed E-state index contributed by atoms with van der Waals surface area (Å²) in [6.07, 6.45) is 8.37. The Labute approximate surface area is 117 Å². The highest BCUT2D eigenvalue weighted by Crippen LogP contribution is 2.14. The molecule has 0 bridgehead atoms. The van der Waals surface area contributed by atoms with E-state index in [4.69, 9.17) is 0 Å². The van der Waals surface area contributed by atoms with Crippen molar-refractivity contribution in [2.24, 2.45) is 5.92 Å². The third-order valence-electron chi connectivity index (χ3n) is 4.39. The van der Waals surface area contributed by atoms with Crippen molar-refractivity contribution < 1.29 is 4.79 Å². The average Bonchev–Trinajstić information content (AvgIpc) is 2.80. The summed E-state index contributed by atoms with van der Waals surface area (Å²) in [5.41, 5.74) is 0. The van der Waals surface area contributed by atoms with Crippen LogP contribution in [0.25, 0.3) is 0 Å². The molecule has 4 nitrogen and oxygen atoms in total. The second kappa shape index (κ2) is 8.54. The minimum Gasteiger partial charge on any atom is -0.355 e. The molecule has 2 N–H and O–H groups in total. The van der Waals surface area contributed by atoms with Gasteiger partial charge in [-0.3, -0.25) is 4.79 Å². The van der Waals surface area contributed by atoms with E-state index in [1.807, 2.05) is 0 Å². The van der Waals surface area contributed by atoms with Crippen molar-refractivity contribution in [1.29, 1.82) is 0 Å². The lowest BCUT2D eigenvalue weighted by molar-refractivity contribution is -0.121. The summed E-state index contributed by atoms with van der Waals surface area (Å²) < 4.78 is 0. The smallest absolute Gasteiger partial charge is 0.220 e. The fourth-order valence-electron chi connectivity index (χ4n) is 3.10. The highest BCUT2D eigenvalue weighted by molar-refractivity contribution is 5.75. The van der Waals surface area contributed by atoms with E-state index in [-0.39, 0.29) is 5.91 Å². The zero-order valence-electron chi connectivity index (χ0n) is 12.1. The van der Waals surface area contributed by atoms with Gasteiger partial charge in [-0.25, -0.2) is 0 Å². The van der Waals surface area contributed by atoms with Crippen LogP contribution in [0.2, 0.25) is 0 Å². The van der Waals surface area contributed by atoms with Crippen LogP contribution in [0.4, 0.5) is 0 Å². The van der Waals surface area contributed by atoms with Gasteiger partial charge in [0.15, 0.2) is 0 Å². The van der Waals surface area contributed by atoms with Gasteiger partial charge in [0.1, 0.15) is 0 Å². The molecule has 2 fully saturated rings. The zero-order valence-corrected chi connectivity index (χ0v) is 12.1. The fraction of sp³-hybridized carbons (Fsp3) is 0.933. The second-order valence-electron chi connectivity index (χ2n) is 6.00. The van der Waals surface area contributed by atoms with Gasteiger partial charge in [-0.1, -0.05) is 12.8 Å². The van der Waals surface area contributed by atoms with Crippen molar-refractivity contribution in [3.05, 3.63) is 0 Å². The lowest BCUT2D eigenvalue weighted by Crippen LogP contribution is -2.35. The maximum atomic E-state index is 11.8. The normalized spacial score (nSPS) is 25.2. The van der Waals surface area contributed by atoms with Gasteiger partial charge in [-0.2, -0.15) is 0 Å². The molecule has 2 saturated heterocycles. The number of hydrogen-bond donors (Lipinski definition) is 2. The topological polar surface area (TPSA) is 44.4 Å². The summed E-state index contributed by atoms with van der Waals surface area (Å²) in [4.78, 5) is 14.3. The Bertz CT molecular complexity index is 256. The van der Waals surface area contributed by atoms with Crippen molar-refractivity contribution >= 4 is 5.91 Å². The first-order valence-corrected chi connectivity index (χ1v) is 8.04. The summed E-state index contributed by atoms with van der Waals surface area (Å²) in [5, 5.41) is 6.42. The van der Waals surface area contributed by atoms with E-state index in [1.165, 1.54) is 45.2 Å². The number of nitrogens with zero attached hydrogens (tertiary/aromatic N) is 1. The predicted octanol–water partition coefficient (Wildman–Crippen LogP) is 1.37. The van der Waals surface area contributed by atoms with Gasteiger partial charge in [-0.05, 0) is 57.8 Å². The minimum atomic E-state index is 0.238. The van der Waals surface area contributed by atoms with Crippen molar-refractivity contribution in [3.8, 4) is 0 Å². The first-order valence-electron chi connectivity index (χ1n) is 8.04.